The topological polar surface area (TPSA) is 107 Å². The first-order valence-electron chi connectivity index (χ1n) is 14.3. The van der Waals surface area contributed by atoms with E-state index in [1.807, 2.05) is 23.6 Å². The molecule has 5 aromatic carbocycles. The fourth-order valence-electron chi connectivity index (χ4n) is 6.19. The van der Waals surface area contributed by atoms with Crippen molar-refractivity contribution >= 4 is 65.2 Å². The van der Waals surface area contributed by atoms with Crippen LogP contribution in [0.1, 0.15) is 30.0 Å². The molecule has 2 heterocycles. The molecule has 0 atom stereocenters. The van der Waals surface area contributed by atoms with E-state index in [2.05, 4.69) is 71.4 Å². The van der Waals surface area contributed by atoms with E-state index in [4.69, 9.17) is 5.10 Å². The van der Waals surface area contributed by atoms with Gasteiger partial charge in [-0.2, -0.15) is 0 Å². The summed E-state index contributed by atoms with van der Waals surface area (Å²) >= 11 is 0. The third kappa shape index (κ3) is 5.04. The molecule has 0 saturated carbocycles. The molecular formula is C34H32N4O4S. The second-order valence-corrected chi connectivity index (χ2v) is 12.3. The van der Waals surface area contributed by atoms with Crippen LogP contribution in [0.3, 0.4) is 0 Å². The summed E-state index contributed by atoms with van der Waals surface area (Å²) < 4.78 is 36.5. The summed E-state index contributed by atoms with van der Waals surface area (Å²) in [7, 11) is -4.33. The Morgan fingerprint density at radius 3 is 2.26 bits per heavy atom. The highest BCUT2D eigenvalue weighted by Gasteiger charge is 2.25. The Labute approximate surface area is 249 Å². The molecule has 2 aromatic heterocycles. The monoisotopic (exact) mass is 592 g/mol. The lowest BCUT2D eigenvalue weighted by atomic mass is 10.1. The van der Waals surface area contributed by atoms with Crippen molar-refractivity contribution in [1.82, 2.24) is 14.9 Å². The van der Waals surface area contributed by atoms with Gasteiger partial charge in [-0.25, -0.2) is 13.0 Å². The second-order valence-electron chi connectivity index (χ2n) is 11.0. The summed E-state index contributed by atoms with van der Waals surface area (Å²) in [5, 5.41) is 14.1. The molecule has 0 radical (unpaired) electrons. The average molecular weight is 593 g/mol. The van der Waals surface area contributed by atoms with Crippen LogP contribution in [0.15, 0.2) is 83.8 Å². The lowest BCUT2D eigenvalue weighted by Crippen LogP contribution is -2.43. The number of nitrogens with zero attached hydrogens (tertiary/aromatic N) is 3. The SMILES string of the molecule is CCCNC(=O)C[n+]1c2ccccc2n2nc3c(cc21)c1cccc2cccc3c21.Cc1cc(C)c(S(=O)(=O)[O-])c(C)c1. The van der Waals surface area contributed by atoms with Crippen LogP contribution in [0.4, 0.5) is 0 Å². The molecule has 0 bridgehead atoms. The van der Waals surface area contributed by atoms with Crippen LogP contribution in [-0.4, -0.2) is 35.0 Å². The number of hydrogen-bond acceptors (Lipinski definition) is 5. The Kier molecular flexibility index (Phi) is 7.23. The number of hydrogen-bond donors (Lipinski definition) is 1. The minimum Gasteiger partial charge on any atom is -0.744 e. The number of benzene rings is 4. The van der Waals surface area contributed by atoms with Crippen molar-refractivity contribution in [2.24, 2.45) is 0 Å². The smallest absolute Gasteiger partial charge is 0.309 e. The lowest BCUT2D eigenvalue weighted by molar-refractivity contribution is -0.632. The molecule has 0 aliphatic carbocycles. The van der Waals surface area contributed by atoms with Crippen LogP contribution < -0.4 is 9.88 Å². The molecule has 1 N–H and O–H groups in total. The van der Waals surface area contributed by atoms with Crippen molar-refractivity contribution in [1.29, 1.82) is 0 Å². The minimum atomic E-state index is -4.33. The van der Waals surface area contributed by atoms with E-state index >= 15 is 0 Å². The molecule has 0 fully saturated rings. The fraction of sp³-hybridized carbons (Fsp3) is 0.206. The molecule has 1 amide bonds. The van der Waals surface area contributed by atoms with E-state index in [1.165, 1.54) is 21.5 Å². The maximum absolute atomic E-state index is 12.6. The van der Waals surface area contributed by atoms with E-state index < -0.39 is 10.1 Å². The van der Waals surface area contributed by atoms with Crippen molar-refractivity contribution in [3.63, 3.8) is 0 Å². The average Bonchev–Trinajstić information content (AvgIpc) is 3.43. The first-order chi connectivity index (χ1) is 20.6. The van der Waals surface area contributed by atoms with Crippen molar-refractivity contribution in [3.8, 4) is 0 Å². The number of carbonyl (C=O) groups is 1. The molecule has 7 aromatic rings. The largest absolute Gasteiger partial charge is 0.744 e. The maximum atomic E-state index is 12.6. The van der Waals surface area contributed by atoms with E-state index in [0.29, 0.717) is 17.7 Å². The molecule has 0 saturated heterocycles. The Morgan fingerprint density at radius 1 is 0.907 bits per heavy atom. The number of imidazole rings is 1. The van der Waals surface area contributed by atoms with Gasteiger partial charge in [0.1, 0.15) is 15.6 Å². The zero-order valence-corrected chi connectivity index (χ0v) is 25.3. The van der Waals surface area contributed by atoms with Crippen LogP contribution in [0.25, 0.3) is 49.1 Å². The van der Waals surface area contributed by atoms with Crippen molar-refractivity contribution < 1.29 is 22.3 Å². The molecule has 218 valence electrons. The van der Waals surface area contributed by atoms with Gasteiger partial charge in [-0.1, -0.05) is 82.8 Å². The maximum Gasteiger partial charge on any atom is 0.309 e. The zero-order valence-electron chi connectivity index (χ0n) is 24.5. The Morgan fingerprint density at radius 2 is 1.58 bits per heavy atom. The van der Waals surface area contributed by atoms with Crippen molar-refractivity contribution in [3.05, 3.63) is 95.6 Å². The van der Waals surface area contributed by atoms with Crippen LogP contribution in [0, 0.1) is 20.8 Å². The summed E-state index contributed by atoms with van der Waals surface area (Å²) in [6.45, 7) is 8.14. The highest BCUT2D eigenvalue weighted by atomic mass is 32.2. The molecule has 9 heteroatoms. The summed E-state index contributed by atoms with van der Waals surface area (Å²) in [6, 6.07) is 26.5. The Bertz CT molecular complexity index is 2260. The van der Waals surface area contributed by atoms with Gasteiger partial charge < -0.3 is 9.87 Å². The molecule has 0 unspecified atom stereocenters. The first kappa shape index (κ1) is 28.5. The number of para-hydroxylation sites is 2. The predicted molar refractivity (Wildman–Crippen MR) is 169 cm³/mol. The Hall–Kier alpha value is -4.60. The molecule has 0 aliphatic heterocycles. The van der Waals surface area contributed by atoms with E-state index in [9.17, 15) is 17.8 Å². The molecule has 43 heavy (non-hydrogen) atoms. The quantitative estimate of drug-likeness (QED) is 0.203. The van der Waals surface area contributed by atoms with Gasteiger partial charge in [-0.3, -0.25) is 4.79 Å². The van der Waals surface area contributed by atoms with E-state index in [-0.39, 0.29) is 17.3 Å². The number of aromatic nitrogens is 3. The number of aryl methyl sites for hydroxylation is 3. The van der Waals surface area contributed by atoms with Crippen LogP contribution in [-0.2, 0) is 21.5 Å². The summed E-state index contributed by atoms with van der Waals surface area (Å²) in [6.07, 6.45) is 0.922. The third-order valence-electron chi connectivity index (χ3n) is 7.80. The standard InChI is InChI=1S/C25H20N4O.C9H12O3S/c1-2-13-26-22(30)15-28-20-11-3-4-12-21(20)29-23(28)14-19-17-9-5-7-16-8-6-10-18(24(16)17)25(19)27-29;1-6-4-7(2)9(8(3)5-6)13(10,11)12/h3-12,14H,2,13,15H2,1H3;4-5H,1-3H3,(H,10,11,12). The van der Waals surface area contributed by atoms with Gasteiger partial charge in [0.2, 0.25) is 5.52 Å². The van der Waals surface area contributed by atoms with Gasteiger partial charge in [-0.05, 0) is 66.6 Å². The van der Waals surface area contributed by atoms with Gasteiger partial charge in [0.25, 0.3) is 5.91 Å². The summed E-state index contributed by atoms with van der Waals surface area (Å²) in [4.78, 5) is 12.5. The normalized spacial score (nSPS) is 11.9. The Balaban J connectivity index is 0.000000214. The number of carbonyl (C=O) groups excluding carboxylic acids is 1. The van der Waals surface area contributed by atoms with Crippen molar-refractivity contribution in [2.75, 3.05) is 6.54 Å². The summed E-state index contributed by atoms with van der Waals surface area (Å²) in [5.41, 5.74) is 5.93. The van der Waals surface area contributed by atoms with Gasteiger partial charge in [0.15, 0.2) is 12.1 Å². The number of fused-ring (bicyclic) bond motifs is 6. The third-order valence-corrected chi connectivity index (χ3v) is 8.95. The first-order valence-corrected chi connectivity index (χ1v) is 15.7. The molecule has 0 aliphatic rings. The van der Waals surface area contributed by atoms with Gasteiger partial charge >= 0.3 is 5.65 Å². The van der Waals surface area contributed by atoms with E-state index in [1.54, 1.807) is 26.0 Å². The van der Waals surface area contributed by atoms with Gasteiger partial charge in [-0.15, -0.1) is 0 Å². The molecule has 7 rings (SSSR count). The van der Waals surface area contributed by atoms with E-state index in [0.717, 1.165) is 39.6 Å². The molecule has 8 nitrogen and oxygen atoms in total. The second kappa shape index (κ2) is 10.9. The van der Waals surface area contributed by atoms with Gasteiger partial charge in [0.05, 0.1) is 4.90 Å². The summed E-state index contributed by atoms with van der Waals surface area (Å²) in [5.74, 6) is 0.0194. The molecule has 0 spiro atoms. The van der Waals surface area contributed by atoms with Crippen molar-refractivity contribution in [2.45, 2.75) is 45.6 Å². The lowest BCUT2D eigenvalue weighted by Gasteiger charge is -2.14. The van der Waals surface area contributed by atoms with Crippen LogP contribution in [0.2, 0.25) is 0 Å². The molecular weight excluding hydrogens is 560 g/mol. The number of rotatable bonds is 5. The van der Waals surface area contributed by atoms with Gasteiger partial charge in [0, 0.05) is 23.4 Å². The van der Waals surface area contributed by atoms with Crippen LogP contribution in [0.5, 0.6) is 0 Å². The minimum absolute atomic E-state index is 0.0194. The highest BCUT2D eigenvalue weighted by Crippen LogP contribution is 2.37. The number of nitrogens with one attached hydrogen (secondary N) is 1. The highest BCUT2D eigenvalue weighted by molar-refractivity contribution is 7.85. The number of amides is 1. The zero-order chi connectivity index (χ0) is 30.5. The fourth-order valence-corrected chi connectivity index (χ4v) is 7.09. The predicted octanol–water partition coefficient (Wildman–Crippen LogP) is 5.71. The van der Waals surface area contributed by atoms with Crippen LogP contribution >= 0.6 is 0 Å².